The smallest absolute Gasteiger partial charge is 0.242 e. The van der Waals surface area contributed by atoms with Crippen LogP contribution < -0.4 is 5.32 Å². The predicted octanol–water partition coefficient (Wildman–Crippen LogP) is 0.982. The monoisotopic (exact) mass is 356 g/mol. The summed E-state index contributed by atoms with van der Waals surface area (Å²) in [7, 11) is 1.59. The molecule has 9 heteroatoms. The van der Waals surface area contributed by atoms with E-state index in [-0.39, 0.29) is 35.8 Å². The van der Waals surface area contributed by atoms with Gasteiger partial charge in [-0.25, -0.2) is 0 Å². The van der Waals surface area contributed by atoms with E-state index in [1.165, 1.54) is 16.7 Å². The predicted molar refractivity (Wildman–Crippen MR) is 92.8 cm³/mol. The molecule has 1 N–H and O–H groups in total. The van der Waals surface area contributed by atoms with Crippen molar-refractivity contribution in [2.24, 2.45) is 0 Å². The van der Waals surface area contributed by atoms with E-state index < -0.39 is 0 Å². The molecule has 0 saturated heterocycles. The molecule has 0 saturated carbocycles. The highest BCUT2D eigenvalue weighted by Crippen LogP contribution is 2.09. The quantitative estimate of drug-likeness (QED) is 0.709. The van der Waals surface area contributed by atoms with Crippen molar-refractivity contribution in [3.63, 3.8) is 0 Å². The van der Waals surface area contributed by atoms with Gasteiger partial charge in [0.1, 0.15) is 5.76 Å². The number of anilines is 1. The zero-order chi connectivity index (χ0) is 18.1. The standard InChI is InChI=1S/C15H24N4O4S/c1-5-19(6-2)14(21)8-18(4)15(22)10-24-9-13(20)16-12-7-11(3)23-17-12/h7H,5-6,8-10H2,1-4H3,(H,16,17,20). The zero-order valence-electron chi connectivity index (χ0n) is 14.5. The van der Waals surface area contributed by atoms with Crippen LogP contribution in [0.15, 0.2) is 10.6 Å². The molecule has 0 aliphatic heterocycles. The van der Waals surface area contributed by atoms with Crippen LogP contribution in [0.5, 0.6) is 0 Å². The van der Waals surface area contributed by atoms with Gasteiger partial charge in [0.15, 0.2) is 5.82 Å². The van der Waals surface area contributed by atoms with E-state index in [1.54, 1.807) is 24.9 Å². The van der Waals surface area contributed by atoms with Crippen molar-refractivity contribution < 1.29 is 18.9 Å². The molecule has 0 atom stereocenters. The number of aryl methyl sites for hydroxylation is 1. The topological polar surface area (TPSA) is 95.8 Å². The number of nitrogens with one attached hydrogen (secondary N) is 1. The molecule has 0 fully saturated rings. The average molecular weight is 356 g/mol. The van der Waals surface area contributed by atoms with Crippen molar-refractivity contribution in [3.8, 4) is 0 Å². The first-order chi connectivity index (χ1) is 11.4. The highest BCUT2D eigenvalue weighted by Gasteiger charge is 2.17. The van der Waals surface area contributed by atoms with Crippen molar-refractivity contribution in [1.29, 1.82) is 0 Å². The number of carbonyl (C=O) groups excluding carboxylic acids is 3. The maximum absolute atomic E-state index is 12.0. The maximum Gasteiger partial charge on any atom is 0.242 e. The third-order valence-corrected chi connectivity index (χ3v) is 4.19. The first-order valence-corrected chi connectivity index (χ1v) is 8.85. The Hall–Kier alpha value is -2.03. The van der Waals surface area contributed by atoms with E-state index >= 15 is 0 Å². The highest BCUT2D eigenvalue weighted by atomic mass is 32.2. The minimum Gasteiger partial charge on any atom is -0.360 e. The summed E-state index contributed by atoms with van der Waals surface area (Å²) in [5.74, 6) is 0.676. The number of aromatic nitrogens is 1. The summed E-state index contributed by atoms with van der Waals surface area (Å²) in [4.78, 5) is 38.7. The maximum atomic E-state index is 12.0. The molecule has 1 aromatic rings. The summed E-state index contributed by atoms with van der Waals surface area (Å²) in [6, 6.07) is 1.61. The number of nitrogens with zero attached hydrogens (tertiary/aromatic N) is 3. The molecular weight excluding hydrogens is 332 g/mol. The normalized spacial score (nSPS) is 10.3. The number of rotatable bonds is 9. The fourth-order valence-electron chi connectivity index (χ4n) is 1.91. The van der Waals surface area contributed by atoms with Gasteiger partial charge >= 0.3 is 0 Å². The molecule has 0 unspecified atom stereocenters. The van der Waals surface area contributed by atoms with Gasteiger partial charge in [0, 0.05) is 26.2 Å². The second-order valence-corrected chi connectivity index (χ2v) is 6.17. The number of carbonyl (C=O) groups is 3. The van der Waals surface area contributed by atoms with Crippen molar-refractivity contribution >= 4 is 35.3 Å². The first kappa shape index (κ1) is 20.0. The van der Waals surface area contributed by atoms with Gasteiger partial charge in [-0.1, -0.05) is 5.16 Å². The van der Waals surface area contributed by atoms with Crippen molar-refractivity contribution in [2.75, 3.05) is 43.5 Å². The fourth-order valence-corrected chi connectivity index (χ4v) is 2.67. The van der Waals surface area contributed by atoms with Crippen molar-refractivity contribution in [2.45, 2.75) is 20.8 Å². The minimum atomic E-state index is -0.261. The lowest BCUT2D eigenvalue weighted by Crippen LogP contribution is -2.41. The number of amides is 3. The Bertz CT molecular complexity index is 572. The van der Waals surface area contributed by atoms with Gasteiger partial charge in [-0.05, 0) is 20.8 Å². The molecule has 0 aliphatic carbocycles. The molecule has 1 rings (SSSR count). The lowest BCUT2D eigenvalue weighted by atomic mass is 10.4. The van der Waals surface area contributed by atoms with Crippen LogP contribution in [0.2, 0.25) is 0 Å². The van der Waals surface area contributed by atoms with Gasteiger partial charge in [0.2, 0.25) is 17.7 Å². The molecule has 1 aromatic heterocycles. The number of hydrogen-bond donors (Lipinski definition) is 1. The van der Waals surface area contributed by atoms with Gasteiger partial charge in [0.25, 0.3) is 0 Å². The lowest BCUT2D eigenvalue weighted by molar-refractivity contribution is -0.137. The van der Waals surface area contributed by atoms with E-state index in [0.717, 1.165) is 0 Å². The summed E-state index contributed by atoms with van der Waals surface area (Å²) in [6.45, 7) is 6.81. The first-order valence-electron chi connectivity index (χ1n) is 7.70. The van der Waals surface area contributed by atoms with Crippen molar-refractivity contribution in [1.82, 2.24) is 15.0 Å². The summed E-state index contributed by atoms with van der Waals surface area (Å²) in [5, 5.41) is 6.24. The highest BCUT2D eigenvalue weighted by molar-refractivity contribution is 8.00. The molecule has 0 spiro atoms. The molecule has 0 aromatic carbocycles. The lowest BCUT2D eigenvalue weighted by Gasteiger charge is -2.23. The molecular formula is C15H24N4O4S. The van der Waals surface area contributed by atoms with Crippen LogP contribution in [0.25, 0.3) is 0 Å². The van der Waals surface area contributed by atoms with Crippen LogP contribution in [0.1, 0.15) is 19.6 Å². The van der Waals surface area contributed by atoms with Crippen LogP contribution in [0.4, 0.5) is 5.82 Å². The summed E-state index contributed by atoms with van der Waals surface area (Å²) >= 11 is 1.18. The van der Waals surface area contributed by atoms with E-state index in [4.69, 9.17) is 4.52 Å². The SMILES string of the molecule is CCN(CC)C(=O)CN(C)C(=O)CSCC(=O)Nc1cc(C)on1. The molecule has 3 amide bonds. The minimum absolute atomic E-state index is 0.0471. The summed E-state index contributed by atoms with van der Waals surface area (Å²) < 4.78 is 4.85. The van der Waals surface area contributed by atoms with Crippen LogP contribution in [0, 0.1) is 6.92 Å². The Morgan fingerprint density at radius 2 is 1.88 bits per heavy atom. The number of likely N-dealkylation sites (N-methyl/N-ethyl adjacent to an activating group) is 2. The van der Waals surface area contributed by atoms with Gasteiger partial charge in [-0.3, -0.25) is 14.4 Å². The van der Waals surface area contributed by atoms with E-state index in [9.17, 15) is 14.4 Å². The van der Waals surface area contributed by atoms with Crippen LogP contribution in [0.3, 0.4) is 0 Å². The second kappa shape index (κ2) is 9.96. The van der Waals surface area contributed by atoms with Gasteiger partial charge in [-0.15, -0.1) is 11.8 Å². The molecule has 8 nitrogen and oxygen atoms in total. The molecule has 0 bridgehead atoms. The van der Waals surface area contributed by atoms with Crippen molar-refractivity contribution in [3.05, 3.63) is 11.8 Å². The van der Waals surface area contributed by atoms with Gasteiger partial charge < -0.3 is 19.6 Å². The summed E-state index contributed by atoms with van der Waals surface area (Å²) in [6.07, 6.45) is 0. The number of thioether (sulfide) groups is 1. The Morgan fingerprint density at radius 1 is 1.21 bits per heavy atom. The van der Waals surface area contributed by atoms with Crippen LogP contribution >= 0.6 is 11.8 Å². The molecule has 1 heterocycles. The Morgan fingerprint density at radius 3 is 2.42 bits per heavy atom. The van der Waals surface area contributed by atoms with E-state index in [0.29, 0.717) is 24.7 Å². The third kappa shape index (κ3) is 6.61. The second-order valence-electron chi connectivity index (χ2n) is 5.18. The average Bonchev–Trinajstić information content (AvgIpc) is 2.93. The Balaban J connectivity index is 2.29. The third-order valence-electron chi connectivity index (χ3n) is 3.27. The summed E-state index contributed by atoms with van der Waals surface area (Å²) in [5.41, 5.74) is 0. The fraction of sp³-hybridized carbons (Fsp3) is 0.600. The van der Waals surface area contributed by atoms with E-state index in [2.05, 4.69) is 10.5 Å². The largest absolute Gasteiger partial charge is 0.360 e. The van der Waals surface area contributed by atoms with Crippen LogP contribution in [-0.2, 0) is 14.4 Å². The van der Waals surface area contributed by atoms with Crippen LogP contribution in [-0.4, -0.2) is 70.9 Å². The zero-order valence-corrected chi connectivity index (χ0v) is 15.3. The Labute approximate surface area is 145 Å². The Kier molecular flexibility index (Phi) is 8.31. The molecule has 134 valence electrons. The number of hydrogen-bond acceptors (Lipinski definition) is 6. The molecule has 0 radical (unpaired) electrons. The molecule has 0 aliphatic rings. The van der Waals surface area contributed by atoms with Gasteiger partial charge in [-0.2, -0.15) is 0 Å². The molecule has 24 heavy (non-hydrogen) atoms. The van der Waals surface area contributed by atoms with Gasteiger partial charge in [0.05, 0.1) is 18.1 Å². The van der Waals surface area contributed by atoms with E-state index in [1.807, 2.05) is 13.8 Å².